The Balaban J connectivity index is 2.50. The number of benzene rings is 1. The first-order valence-electron chi connectivity index (χ1n) is 3.85. The summed E-state index contributed by atoms with van der Waals surface area (Å²) in [5.41, 5.74) is 6.58. The summed E-state index contributed by atoms with van der Waals surface area (Å²) in [6, 6.07) is 10.2. The lowest BCUT2D eigenvalue weighted by molar-refractivity contribution is 1.01. The molecule has 11 heavy (non-hydrogen) atoms. The van der Waals surface area contributed by atoms with E-state index in [4.69, 9.17) is 5.73 Å². The van der Waals surface area contributed by atoms with Crippen molar-refractivity contribution in [1.82, 2.24) is 0 Å². The van der Waals surface area contributed by atoms with Gasteiger partial charge in [-0.2, -0.15) is 0 Å². The van der Waals surface area contributed by atoms with Crippen molar-refractivity contribution in [3.63, 3.8) is 0 Å². The molecular formula is C10H13N. The average molecular weight is 147 g/mol. The van der Waals surface area contributed by atoms with Gasteiger partial charge in [0.05, 0.1) is 0 Å². The molecule has 0 amide bonds. The monoisotopic (exact) mass is 147 g/mol. The van der Waals surface area contributed by atoms with Gasteiger partial charge in [0, 0.05) is 0 Å². The average Bonchev–Trinajstić information content (AvgIpc) is 2.07. The standard InChI is InChI=1S/C10H13N/c11-9-5-4-8-10-6-2-1-3-7-10/h1-4,6-8H,5,9,11H2/b8-4-. The minimum Gasteiger partial charge on any atom is -0.330 e. The molecule has 0 aliphatic heterocycles. The molecule has 1 aromatic rings. The van der Waals surface area contributed by atoms with Gasteiger partial charge in [-0.25, -0.2) is 0 Å². The first kappa shape index (κ1) is 8.02. The summed E-state index contributed by atoms with van der Waals surface area (Å²) in [4.78, 5) is 0. The van der Waals surface area contributed by atoms with E-state index in [1.54, 1.807) is 0 Å². The zero-order valence-corrected chi connectivity index (χ0v) is 6.53. The van der Waals surface area contributed by atoms with Crippen LogP contribution in [0.25, 0.3) is 6.08 Å². The van der Waals surface area contributed by atoms with Crippen molar-refractivity contribution in [2.24, 2.45) is 5.73 Å². The summed E-state index contributed by atoms with van der Waals surface area (Å²) in [5, 5.41) is 0. The lowest BCUT2D eigenvalue weighted by atomic mass is 10.2. The molecule has 0 radical (unpaired) electrons. The lowest BCUT2D eigenvalue weighted by Gasteiger charge is -1.89. The minimum absolute atomic E-state index is 0.726. The minimum atomic E-state index is 0.726. The van der Waals surface area contributed by atoms with E-state index in [1.165, 1.54) is 5.56 Å². The van der Waals surface area contributed by atoms with Gasteiger partial charge in [0.1, 0.15) is 0 Å². The molecular weight excluding hydrogens is 134 g/mol. The van der Waals surface area contributed by atoms with Crippen LogP contribution >= 0.6 is 0 Å². The molecule has 1 heteroatoms. The lowest BCUT2D eigenvalue weighted by Crippen LogP contribution is -1.94. The molecule has 1 rings (SSSR count). The van der Waals surface area contributed by atoms with E-state index in [1.807, 2.05) is 18.2 Å². The molecule has 0 saturated heterocycles. The molecule has 0 atom stereocenters. The van der Waals surface area contributed by atoms with Crippen molar-refractivity contribution in [2.45, 2.75) is 6.42 Å². The molecule has 0 saturated carbocycles. The van der Waals surface area contributed by atoms with Gasteiger partial charge >= 0.3 is 0 Å². The maximum absolute atomic E-state index is 5.34. The van der Waals surface area contributed by atoms with E-state index in [0.717, 1.165) is 13.0 Å². The highest BCUT2D eigenvalue weighted by molar-refractivity contribution is 5.48. The van der Waals surface area contributed by atoms with E-state index in [2.05, 4.69) is 24.3 Å². The summed E-state index contributed by atoms with van der Waals surface area (Å²) in [6.07, 6.45) is 5.14. The van der Waals surface area contributed by atoms with Gasteiger partial charge in [-0.3, -0.25) is 0 Å². The number of rotatable bonds is 3. The van der Waals surface area contributed by atoms with Gasteiger partial charge in [-0.05, 0) is 18.5 Å². The first-order chi connectivity index (χ1) is 5.43. The van der Waals surface area contributed by atoms with E-state index in [0.29, 0.717) is 0 Å². The number of hydrogen-bond donors (Lipinski definition) is 1. The predicted molar refractivity (Wildman–Crippen MR) is 49.1 cm³/mol. The summed E-state index contributed by atoms with van der Waals surface area (Å²) in [6.45, 7) is 0.726. The fraction of sp³-hybridized carbons (Fsp3) is 0.200. The summed E-state index contributed by atoms with van der Waals surface area (Å²) >= 11 is 0. The molecule has 0 spiro atoms. The third-order valence-electron chi connectivity index (χ3n) is 1.44. The second kappa shape index (κ2) is 4.69. The Bertz CT molecular complexity index is 214. The Kier molecular flexibility index (Phi) is 3.42. The van der Waals surface area contributed by atoms with Crippen LogP contribution in [-0.4, -0.2) is 6.54 Å². The zero-order chi connectivity index (χ0) is 7.94. The topological polar surface area (TPSA) is 26.0 Å². The highest BCUT2D eigenvalue weighted by Gasteiger charge is 1.80. The summed E-state index contributed by atoms with van der Waals surface area (Å²) in [7, 11) is 0. The molecule has 1 nitrogen and oxygen atoms in total. The van der Waals surface area contributed by atoms with Crippen LogP contribution in [0.5, 0.6) is 0 Å². The van der Waals surface area contributed by atoms with E-state index >= 15 is 0 Å². The Morgan fingerprint density at radius 1 is 1.18 bits per heavy atom. The zero-order valence-electron chi connectivity index (χ0n) is 6.53. The van der Waals surface area contributed by atoms with Crippen LogP contribution < -0.4 is 5.73 Å². The summed E-state index contributed by atoms with van der Waals surface area (Å²) in [5.74, 6) is 0. The normalized spacial score (nSPS) is 10.6. The maximum atomic E-state index is 5.34. The van der Waals surface area contributed by atoms with Gasteiger partial charge < -0.3 is 5.73 Å². The largest absolute Gasteiger partial charge is 0.330 e. The van der Waals surface area contributed by atoms with Crippen LogP contribution in [0.3, 0.4) is 0 Å². The molecule has 0 fully saturated rings. The molecule has 0 aromatic heterocycles. The van der Waals surface area contributed by atoms with Gasteiger partial charge in [0.25, 0.3) is 0 Å². The quantitative estimate of drug-likeness (QED) is 0.695. The Morgan fingerprint density at radius 2 is 1.91 bits per heavy atom. The van der Waals surface area contributed by atoms with Crippen molar-refractivity contribution >= 4 is 6.08 Å². The smallest absolute Gasteiger partial charge is 0.00425 e. The van der Waals surface area contributed by atoms with Gasteiger partial charge in [-0.15, -0.1) is 0 Å². The molecule has 0 heterocycles. The van der Waals surface area contributed by atoms with Crippen molar-refractivity contribution in [2.75, 3.05) is 6.54 Å². The van der Waals surface area contributed by atoms with E-state index in [-0.39, 0.29) is 0 Å². The number of nitrogens with two attached hydrogens (primary N) is 1. The van der Waals surface area contributed by atoms with Crippen molar-refractivity contribution in [3.8, 4) is 0 Å². The third kappa shape index (κ3) is 3.01. The van der Waals surface area contributed by atoms with E-state index < -0.39 is 0 Å². The molecule has 2 N–H and O–H groups in total. The SMILES string of the molecule is NCC/C=C\c1ccccc1. The van der Waals surface area contributed by atoms with Gasteiger partial charge in [0.15, 0.2) is 0 Å². The fourth-order valence-corrected chi connectivity index (χ4v) is 0.880. The van der Waals surface area contributed by atoms with Crippen LogP contribution in [-0.2, 0) is 0 Å². The maximum Gasteiger partial charge on any atom is -0.00425 e. The second-order valence-electron chi connectivity index (χ2n) is 2.39. The Hall–Kier alpha value is -1.08. The second-order valence-corrected chi connectivity index (χ2v) is 2.39. The highest BCUT2D eigenvalue weighted by Crippen LogP contribution is 2.00. The highest BCUT2D eigenvalue weighted by atomic mass is 14.5. The predicted octanol–water partition coefficient (Wildman–Crippen LogP) is 2.05. The van der Waals surface area contributed by atoms with Crippen LogP contribution in [0.15, 0.2) is 36.4 Å². The third-order valence-corrected chi connectivity index (χ3v) is 1.44. The van der Waals surface area contributed by atoms with E-state index in [9.17, 15) is 0 Å². The molecule has 0 unspecified atom stereocenters. The molecule has 0 aliphatic rings. The van der Waals surface area contributed by atoms with Gasteiger partial charge in [-0.1, -0.05) is 42.5 Å². The fourth-order valence-electron chi connectivity index (χ4n) is 0.880. The Morgan fingerprint density at radius 3 is 2.55 bits per heavy atom. The van der Waals surface area contributed by atoms with Crippen molar-refractivity contribution < 1.29 is 0 Å². The molecule has 0 aliphatic carbocycles. The number of hydrogen-bond acceptors (Lipinski definition) is 1. The van der Waals surface area contributed by atoms with Crippen LogP contribution in [0.4, 0.5) is 0 Å². The van der Waals surface area contributed by atoms with Crippen LogP contribution in [0.1, 0.15) is 12.0 Å². The summed E-state index contributed by atoms with van der Waals surface area (Å²) < 4.78 is 0. The first-order valence-corrected chi connectivity index (χ1v) is 3.85. The molecule has 58 valence electrons. The van der Waals surface area contributed by atoms with Crippen LogP contribution in [0, 0.1) is 0 Å². The Labute approximate surface area is 67.5 Å². The van der Waals surface area contributed by atoms with Crippen molar-refractivity contribution in [1.29, 1.82) is 0 Å². The molecule has 1 aromatic carbocycles. The van der Waals surface area contributed by atoms with Crippen LogP contribution in [0.2, 0.25) is 0 Å². The molecule has 0 bridgehead atoms. The van der Waals surface area contributed by atoms with Crippen molar-refractivity contribution in [3.05, 3.63) is 42.0 Å². The van der Waals surface area contributed by atoms with Gasteiger partial charge in [0.2, 0.25) is 0 Å².